The molecule has 26 heavy (non-hydrogen) atoms. The summed E-state index contributed by atoms with van der Waals surface area (Å²) in [5.41, 5.74) is 6.23. The summed E-state index contributed by atoms with van der Waals surface area (Å²) >= 11 is 0. The molecule has 0 unspecified atom stereocenters. The van der Waals surface area contributed by atoms with Crippen LogP contribution in [0, 0.1) is 0 Å². The van der Waals surface area contributed by atoms with Gasteiger partial charge < -0.3 is 10.1 Å². The van der Waals surface area contributed by atoms with Crippen LogP contribution in [-0.2, 0) is 10.8 Å². The van der Waals surface area contributed by atoms with Gasteiger partial charge in [0.25, 0.3) is 11.8 Å². The van der Waals surface area contributed by atoms with Gasteiger partial charge in [-0.3, -0.25) is 20.4 Å². The molecule has 2 amide bonds. The van der Waals surface area contributed by atoms with Crippen LogP contribution in [-0.4, -0.2) is 21.9 Å². The van der Waals surface area contributed by atoms with Crippen LogP contribution in [0.2, 0.25) is 0 Å². The van der Waals surface area contributed by atoms with E-state index in [1.165, 1.54) is 0 Å². The van der Waals surface area contributed by atoms with E-state index in [0.29, 0.717) is 22.4 Å². The number of amides is 2. The largest absolute Gasteiger partial charge is 0.507 e. The number of hydrogen-bond donors (Lipinski definition) is 4. The minimum Gasteiger partial charge on any atom is -0.507 e. The fraction of sp³-hybridized carbons (Fsp3) is 0.400. The van der Waals surface area contributed by atoms with Crippen LogP contribution in [0.25, 0.3) is 0 Å². The Morgan fingerprint density at radius 1 is 0.923 bits per heavy atom. The van der Waals surface area contributed by atoms with E-state index >= 15 is 0 Å². The van der Waals surface area contributed by atoms with Gasteiger partial charge in [-0.1, -0.05) is 41.5 Å². The second-order valence-corrected chi connectivity index (χ2v) is 8.41. The molecule has 140 valence electrons. The molecule has 0 aliphatic heterocycles. The van der Waals surface area contributed by atoms with Crippen LogP contribution in [0.4, 0.5) is 0 Å². The number of nitrogens with one attached hydrogen (secondary N) is 3. The van der Waals surface area contributed by atoms with Crippen LogP contribution in [0.15, 0.2) is 30.5 Å². The normalized spacial score (nSPS) is 11.9. The van der Waals surface area contributed by atoms with Crippen molar-refractivity contribution in [2.24, 2.45) is 0 Å². The van der Waals surface area contributed by atoms with Crippen molar-refractivity contribution in [3.63, 3.8) is 0 Å². The van der Waals surface area contributed by atoms with Gasteiger partial charge in [0, 0.05) is 22.9 Å². The number of rotatable bonds is 2. The van der Waals surface area contributed by atoms with E-state index < -0.39 is 11.8 Å². The maximum atomic E-state index is 12.6. The Bertz CT molecular complexity index is 775. The molecule has 6 nitrogen and oxygen atoms in total. The highest BCUT2D eigenvalue weighted by Crippen LogP contribution is 2.39. The highest BCUT2D eigenvalue weighted by molar-refractivity contribution is 5.98. The van der Waals surface area contributed by atoms with Gasteiger partial charge in [0.15, 0.2) is 0 Å². The lowest BCUT2D eigenvalue weighted by molar-refractivity contribution is 0.0844. The molecule has 0 bridgehead atoms. The van der Waals surface area contributed by atoms with Gasteiger partial charge in [0.2, 0.25) is 0 Å². The van der Waals surface area contributed by atoms with E-state index in [0.717, 1.165) is 0 Å². The first-order valence-corrected chi connectivity index (χ1v) is 8.53. The first kappa shape index (κ1) is 19.6. The number of phenolic OH excluding ortho intramolecular Hbond substituents is 1. The van der Waals surface area contributed by atoms with Crippen molar-refractivity contribution < 1.29 is 14.7 Å². The molecule has 1 aromatic heterocycles. The molecule has 1 aromatic carbocycles. The quantitative estimate of drug-likeness (QED) is 0.621. The zero-order valence-corrected chi connectivity index (χ0v) is 16.2. The lowest BCUT2D eigenvalue weighted by atomic mass is 9.78. The number of hydrazine groups is 1. The van der Waals surface area contributed by atoms with Crippen LogP contribution in [0.3, 0.4) is 0 Å². The van der Waals surface area contributed by atoms with Gasteiger partial charge in [-0.2, -0.15) is 0 Å². The summed E-state index contributed by atoms with van der Waals surface area (Å²) in [5.74, 6) is -0.674. The van der Waals surface area contributed by atoms with Gasteiger partial charge in [-0.25, -0.2) is 0 Å². The molecule has 0 saturated heterocycles. The topological polar surface area (TPSA) is 94.2 Å². The number of H-pyrrole nitrogens is 1. The molecule has 0 atom stereocenters. The number of carbonyl (C=O) groups is 2. The summed E-state index contributed by atoms with van der Waals surface area (Å²) in [5, 5.41) is 10.7. The number of hydrogen-bond acceptors (Lipinski definition) is 3. The van der Waals surface area contributed by atoms with Crippen molar-refractivity contribution in [3.05, 3.63) is 52.8 Å². The van der Waals surface area contributed by atoms with Crippen molar-refractivity contribution >= 4 is 11.8 Å². The first-order valence-electron chi connectivity index (χ1n) is 8.53. The van der Waals surface area contributed by atoms with E-state index in [9.17, 15) is 14.7 Å². The van der Waals surface area contributed by atoms with Gasteiger partial charge in [-0.05, 0) is 35.1 Å². The minimum atomic E-state index is -0.444. The molecule has 0 fully saturated rings. The summed E-state index contributed by atoms with van der Waals surface area (Å²) in [4.78, 5) is 27.3. The Labute approximate surface area is 154 Å². The summed E-state index contributed by atoms with van der Waals surface area (Å²) in [6.07, 6.45) is 1.63. The smallest absolute Gasteiger partial charge is 0.286 e. The fourth-order valence-corrected chi connectivity index (χ4v) is 2.63. The Morgan fingerprint density at radius 3 is 1.85 bits per heavy atom. The predicted octanol–water partition coefficient (Wildman–Crippen LogP) is 3.39. The third kappa shape index (κ3) is 4.25. The molecular formula is C20H27N3O3. The summed E-state index contributed by atoms with van der Waals surface area (Å²) in [7, 11) is 0. The molecule has 1 heterocycles. The van der Waals surface area contributed by atoms with Gasteiger partial charge in [0.1, 0.15) is 11.4 Å². The standard InChI is InChI=1S/C20H27N3O3/c1-19(2,3)13-10-12(11-14(16(13)24)20(4,5)6)17(25)22-23-18(26)15-8-7-9-21-15/h7-11,21,24H,1-6H3,(H,22,25)(H,23,26). The van der Waals surface area contributed by atoms with E-state index in [1.54, 1.807) is 30.5 Å². The number of aromatic amines is 1. The molecule has 4 N–H and O–H groups in total. The van der Waals surface area contributed by atoms with E-state index in [4.69, 9.17) is 0 Å². The monoisotopic (exact) mass is 357 g/mol. The summed E-state index contributed by atoms with van der Waals surface area (Å²) in [6.45, 7) is 11.9. The van der Waals surface area contributed by atoms with E-state index in [2.05, 4.69) is 15.8 Å². The highest BCUT2D eigenvalue weighted by atomic mass is 16.3. The minimum absolute atomic E-state index is 0.206. The van der Waals surface area contributed by atoms with Crippen molar-refractivity contribution in [2.45, 2.75) is 52.4 Å². The molecule has 6 heteroatoms. The number of aromatic nitrogens is 1. The number of benzene rings is 1. The molecule has 0 aliphatic rings. The van der Waals surface area contributed by atoms with Crippen molar-refractivity contribution in [3.8, 4) is 5.75 Å². The Kier molecular flexibility index (Phi) is 5.16. The average Bonchev–Trinajstić information content (AvgIpc) is 3.04. The molecule has 2 rings (SSSR count). The second kappa shape index (κ2) is 6.86. The van der Waals surface area contributed by atoms with Crippen LogP contribution < -0.4 is 10.9 Å². The maximum Gasteiger partial charge on any atom is 0.286 e. The molecule has 2 aromatic rings. The Balaban J connectivity index is 2.33. The second-order valence-electron chi connectivity index (χ2n) is 8.41. The zero-order chi connectivity index (χ0) is 19.7. The third-order valence-electron chi connectivity index (χ3n) is 4.12. The number of carbonyl (C=O) groups excluding carboxylic acids is 2. The average molecular weight is 357 g/mol. The number of phenols is 1. The fourth-order valence-electron chi connectivity index (χ4n) is 2.63. The van der Waals surface area contributed by atoms with Crippen molar-refractivity contribution in [1.82, 2.24) is 15.8 Å². The first-order chi connectivity index (χ1) is 11.9. The summed E-state index contributed by atoms with van der Waals surface area (Å²) in [6, 6.07) is 6.64. The summed E-state index contributed by atoms with van der Waals surface area (Å²) < 4.78 is 0. The van der Waals surface area contributed by atoms with Gasteiger partial charge in [0.05, 0.1) is 0 Å². The SMILES string of the molecule is CC(C)(C)c1cc(C(=O)NNC(=O)c2ccc[nH]2)cc(C(C)(C)C)c1O. The van der Waals surface area contributed by atoms with Gasteiger partial charge in [-0.15, -0.1) is 0 Å². The lowest BCUT2D eigenvalue weighted by Crippen LogP contribution is -2.42. The van der Waals surface area contributed by atoms with Crippen LogP contribution in [0.5, 0.6) is 5.75 Å². The zero-order valence-electron chi connectivity index (χ0n) is 16.2. The molecular weight excluding hydrogens is 330 g/mol. The molecule has 0 saturated carbocycles. The Hall–Kier alpha value is -2.76. The predicted molar refractivity (Wildman–Crippen MR) is 101 cm³/mol. The number of aromatic hydroxyl groups is 1. The van der Waals surface area contributed by atoms with Gasteiger partial charge >= 0.3 is 0 Å². The maximum absolute atomic E-state index is 12.6. The van der Waals surface area contributed by atoms with Crippen LogP contribution >= 0.6 is 0 Å². The molecule has 0 spiro atoms. The van der Waals surface area contributed by atoms with Crippen molar-refractivity contribution in [2.75, 3.05) is 0 Å². The van der Waals surface area contributed by atoms with E-state index in [-0.39, 0.29) is 16.6 Å². The highest BCUT2D eigenvalue weighted by Gasteiger charge is 2.27. The van der Waals surface area contributed by atoms with E-state index in [1.807, 2.05) is 41.5 Å². The lowest BCUT2D eigenvalue weighted by Gasteiger charge is -2.28. The van der Waals surface area contributed by atoms with Crippen LogP contribution in [0.1, 0.15) is 73.5 Å². The molecule has 0 aliphatic carbocycles. The molecule has 0 radical (unpaired) electrons. The Morgan fingerprint density at radius 2 is 1.42 bits per heavy atom. The van der Waals surface area contributed by atoms with Crippen molar-refractivity contribution in [1.29, 1.82) is 0 Å². The third-order valence-corrected chi connectivity index (χ3v) is 4.12.